The van der Waals surface area contributed by atoms with Crippen molar-refractivity contribution < 1.29 is 0 Å². The molecule has 0 amide bonds. The molecule has 2 aromatic carbocycles. The maximum absolute atomic E-state index is 5.89. The molecule has 0 unspecified atom stereocenters. The molecule has 1 N–H and O–H groups in total. The van der Waals surface area contributed by atoms with Crippen molar-refractivity contribution in [3.8, 4) is 11.3 Å². The highest BCUT2D eigenvalue weighted by atomic mass is 35.5. The Balaban J connectivity index is 1.71. The number of halogens is 1. The Morgan fingerprint density at radius 1 is 1.08 bits per heavy atom. The Morgan fingerprint density at radius 2 is 1.84 bits per heavy atom. The van der Waals surface area contributed by atoms with Crippen molar-refractivity contribution in [3.63, 3.8) is 0 Å². The standard InChI is InChI=1S/C18H14ClN5S/c1-12-17(22-21-15-9-7-14(19)8-10-15)25-18-20-16(11-24(18)23-12)13-5-3-2-4-6-13/h2-11,21H,1H3/b22-17+. The number of anilines is 1. The first-order chi connectivity index (χ1) is 12.2. The van der Waals surface area contributed by atoms with E-state index in [1.54, 1.807) is 4.52 Å². The van der Waals surface area contributed by atoms with Crippen molar-refractivity contribution in [3.05, 3.63) is 76.2 Å². The average molecular weight is 368 g/mol. The van der Waals surface area contributed by atoms with Gasteiger partial charge in [-0.25, -0.2) is 9.50 Å². The third-order valence-corrected chi connectivity index (χ3v) is 4.91. The second-order valence-corrected chi connectivity index (χ2v) is 6.83. The molecule has 0 radical (unpaired) electrons. The monoisotopic (exact) mass is 367 g/mol. The van der Waals surface area contributed by atoms with Crippen LogP contribution in [0.25, 0.3) is 16.2 Å². The topological polar surface area (TPSA) is 54.6 Å². The van der Waals surface area contributed by atoms with Crippen LogP contribution in [0, 0.1) is 6.92 Å². The van der Waals surface area contributed by atoms with E-state index in [1.165, 1.54) is 11.3 Å². The van der Waals surface area contributed by atoms with Gasteiger partial charge in [0, 0.05) is 10.6 Å². The lowest BCUT2D eigenvalue weighted by Gasteiger charge is -2.00. The van der Waals surface area contributed by atoms with Gasteiger partial charge < -0.3 is 0 Å². The van der Waals surface area contributed by atoms with Gasteiger partial charge >= 0.3 is 0 Å². The lowest BCUT2D eigenvalue weighted by Crippen LogP contribution is -2.11. The van der Waals surface area contributed by atoms with E-state index in [9.17, 15) is 0 Å². The van der Waals surface area contributed by atoms with E-state index in [1.807, 2.05) is 67.7 Å². The molecule has 0 aliphatic heterocycles. The van der Waals surface area contributed by atoms with Crippen molar-refractivity contribution in [2.75, 3.05) is 5.43 Å². The van der Waals surface area contributed by atoms with Crippen LogP contribution >= 0.6 is 22.9 Å². The summed E-state index contributed by atoms with van der Waals surface area (Å²) in [7, 11) is 0. The van der Waals surface area contributed by atoms with Gasteiger partial charge in [0.25, 0.3) is 0 Å². The molecule has 2 heterocycles. The zero-order valence-corrected chi connectivity index (χ0v) is 14.9. The summed E-state index contributed by atoms with van der Waals surface area (Å²) in [6, 6.07) is 17.4. The van der Waals surface area contributed by atoms with Crippen LogP contribution in [0.2, 0.25) is 5.02 Å². The quantitative estimate of drug-likeness (QED) is 0.548. The van der Waals surface area contributed by atoms with E-state index in [0.717, 1.165) is 32.3 Å². The van der Waals surface area contributed by atoms with Gasteiger partial charge in [-0.15, -0.1) is 0 Å². The lowest BCUT2D eigenvalue weighted by atomic mass is 10.2. The molecule has 4 rings (SSSR count). The fraction of sp³-hybridized carbons (Fsp3) is 0.0556. The van der Waals surface area contributed by atoms with E-state index in [-0.39, 0.29) is 0 Å². The molecule has 0 spiro atoms. The van der Waals surface area contributed by atoms with Crippen molar-refractivity contribution in [1.82, 2.24) is 14.6 Å². The normalized spacial score (nSPS) is 11.8. The second kappa shape index (κ2) is 6.66. The van der Waals surface area contributed by atoms with Gasteiger partial charge in [0.1, 0.15) is 0 Å². The largest absolute Gasteiger partial charge is 0.277 e. The Labute approximate surface area is 153 Å². The lowest BCUT2D eigenvalue weighted by molar-refractivity contribution is 0.902. The van der Waals surface area contributed by atoms with Gasteiger partial charge in [-0.05, 0) is 31.2 Å². The highest BCUT2D eigenvalue weighted by Gasteiger charge is 2.07. The summed E-state index contributed by atoms with van der Waals surface area (Å²) in [6.45, 7) is 1.93. The number of aromatic nitrogens is 3. The van der Waals surface area contributed by atoms with E-state index >= 15 is 0 Å². The summed E-state index contributed by atoms with van der Waals surface area (Å²) < 4.78 is 2.58. The summed E-state index contributed by atoms with van der Waals surface area (Å²) in [5.41, 5.74) is 6.69. The van der Waals surface area contributed by atoms with Crippen LogP contribution in [0.3, 0.4) is 0 Å². The first-order valence-electron chi connectivity index (χ1n) is 7.67. The summed E-state index contributed by atoms with van der Waals surface area (Å²) in [5, 5.41) is 9.70. The molecule has 4 aromatic rings. The predicted octanol–water partition coefficient (Wildman–Crippen LogP) is 4.35. The average Bonchev–Trinajstić information content (AvgIpc) is 3.04. The molecule has 0 saturated heterocycles. The van der Waals surface area contributed by atoms with Gasteiger partial charge in [-0.2, -0.15) is 10.2 Å². The van der Waals surface area contributed by atoms with Gasteiger partial charge in [0.05, 0.1) is 23.3 Å². The maximum Gasteiger partial charge on any atom is 0.213 e. The maximum atomic E-state index is 5.89. The smallest absolute Gasteiger partial charge is 0.213 e. The molecule has 0 fully saturated rings. The van der Waals surface area contributed by atoms with Crippen LogP contribution in [-0.4, -0.2) is 14.6 Å². The first kappa shape index (κ1) is 15.8. The predicted molar refractivity (Wildman–Crippen MR) is 102 cm³/mol. The Kier molecular flexibility index (Phi) is 4.21. The molecule has 25 heavy (non-hydrogen) atoms. The summed E-state index contributed by atoms with van der Waals surface area (Å²) in [5.74, 6) is 0. The molecule has 0 saturated carbocycles. The number of rotatable bonds is 3. The second-order valence-electron chi connectivity index (χ2n) is 5.44. The third kappa shape index (κ3) is 3.40. The Morgan fingerprint density at radius 3 is 2.60 bits per heavy atom. The van der Waals surface area contributed by atoms with Gasteiger partial charge in [-0.3, -0.25) is 5.43 Å². The fourth-order valence-corrected chi connectivity index (χ4v) is 3.26. The zero-order chi connectivity index (χ0) is 17.2. The van der Waals surface area contributed by atoms with Crippen molar-refractivity contribution >= 4 is 33.6 Å². The number of benzene rings is 2. The molecule has 0 atom stereocenters. The van der Waals surface area contributed by atoms with Crippen LogP contribution < -0.4 is 10.1 Å². The molecule has 124 valence electrons. The number of imidazole rings is 1. The van der Waals surface area contributed by atoms with Crippen LogP contribution in [0.15, 0.2) is 65.9 Å². The van der Waals surface area contributed by atoms with Crippen LogP contribution in [-0.2, 0) is 0 Å². The number of nitrogens with zero attached hydrogens (tertiary/aromatic N) is 4. The molecule has 5 nitrogen and oxygen atoms in total. The molecule has 0 bridgehead atoms. The minimum absolute atomic E-state index is 0.693. The van der Waals surface area contributed by atoms with E-state index in [4.69, 9.17) is 11.6 Å². The molecule has 2 aromatic heterocycles. The van der Waals surface area contributed by atoms with Gasteiger partial charge in [0.15, 0.2) is 4.67 Å². The minimum atomic E-state index is 0.693. The van der Waals surface area contributed by atoms with E-state index in [0.29, 0.717) is 5.02 Å². The Hall–Kier alpha value is -2.70. The van der Waals surface area contributed by atoms with Crippen molar-refractivity contribution in [1.29, 1.82) is 0 Å². The van der Waals surface area contributed by atoms with Crippen LogP contribution in [0.1, 0.15) is 5.69 Å². The van der Waals surface area contributed by atoms with Crippen LogP contribution in [0.4, 0.5) is 5.69 Å². The van der Waals surface area contributed by atoms with Crippen LogP contribution in [0.5, 0.6) is 0 Å². The number of aryl methyl sites for hydroxylation is 1. The molecular weight excluding hydrogens is 354 g/mol. The number of fused-ring (bicyclic) bond motifs is 1. The highest BCUT2D eigenvalue weighted by Crippen LogP contribution is 2.19. The first-order valence-corrected chi connectivity index (χ1v) is 8.86. The molecule has 0 aliphatic carbocycles. The molecule has 0 aliphatic rings. The highest BCUT2D eigenvalue weighted by molar-refractivity contribution is 7.14. The fourth-order valence-electron chi connectivity index (χ4n) is 2.35. The number of hydrogen-bond donors (Lipinski definition) is 1. The Bertz CT molecular complexity index is 1080. The van der Waals surface area contributed by atoms with E-state index in [2.05, 4.69) is 20.6 Å². The SMILES string of the molecule is Cc1nn2cc(-c3ccccc3)nc2s/c1=N/Nc1ccc(Cl)cc1. The number of nitrogens with one attached hydrogen (secondary N) is 1. The van der Waals surface area contributed by atoms with Crippen molar-refractivity contribution in [2.45, 2.75) is 6.92 Å². The van der Waals surface area contributed by atoms with Gasteiger partial charge in [0.2, 0.25) is 4.96 Å². The summed E-state index contributed by atoms with van der Waals surface area (Å²) in [4.78, 5) is 5.46. The minimum Gasteiger partial charge on any atom is -0.277 e. The van der Waals surface area contributed by atoms with E-state index < -0.39 is 0 Å². The van der Waals surface area contributed by atoms with Crippen molar-refractivity contribution in [2.24, 2.45) is 5.10 Å². The molecular formula is C18H14ClN5S. The third-order valence-electron chi connectivity index (χ3n) is 3.61. The molecule has 7 heteroatoms. The van der Waals surface area contributed by atoms with Gasteiger partial charge in [-0.1, -0.05) is 53.3 Å². The zero-order valence-electron chi connectivity index (χ0n) is 13.3. The summed E-state index contributed by atoms with van der Waals surface area (Å²) >= 11 is 7.38. The summed E-state index contributed by atoms with van der Waals surface area (Å²) in [6.07, 6.45) is 1.94. The number of hydrogen-bond acceptors (Lipinski definition) is 5.